The van der Waals surface area contributed by atoms with E-state index in [0.717, 1.165) is 18.5 Å². The lowest BCUT2D eigenvalue weighted by Crippen LogP contribution is -2.45. The van der Waals surface area contributed by atoms with Crippen LogP contribution >= 0.6 is 0 Å². The van der Waals surface area contributed by atoms with Gasteiger partial charge in [-0.15, -0.1) is 0 Å². The third kappa shape index (κ3) is 4.30. The highest BCUT2D eigenvalue weighted by atomic mass is 19.1. The van der Waals surface area contributed by atoms with Crippen LogP contribution in [-0.4, -0.2) is 40.9 Å². The summed E-state index contributed by atoms with van der Waals surface area (Å²) in [6.45, 7) is 3.32. The first-order valence-corrected chi connectivity index (χ1v) is 9.36. The highest BCUT2D eigenvalue weighted by Crippen LogP contribution is 2.18. The van der Waals surface area contributed by atoms with Crippen molar-refractivity contribution in [3.8, 4) is 0 Å². The van der Waals surface area contributed by atoms with Gasteiger partial charge in [-0.05, 0) is 62.1 Å². The van der Waals surface area contributed by atoms with Crippen LogP contribution in [0.15, 0.2) is 41.2 Å². The average molecular weight is 385 g/mol. The number of benzene rings is 1. The smallest absolute Gasteiger partial charge is 0.263 e. The molecule has 28 heavy (non-hydrogen) atoms. The highest BCUT2D eigenvalue weighted by molar-refractivity contribution is 5.94. The summed E-state index contributed by atoms with van der Waals surface area (Å²) in [5, 5.41) is 2.85. The minimum Gasteiger partial charge on any atom is -0.352 e. The number of aryl methyl sites for hydroxylation is 1. The Labute approximate surface area is 163 Å². The minimum absolute atomic E-state index is 0.108. The van der Waals surface area contributed by atoms with Crippen LogP contribution in [0.25, 0.3) is 0 Å². The number of nitrogens with one attached hydrogen (secondary N) is 1. The lowest BCUT2D eigenvalue weighted by Gasteiger charge is -2.33. The van der Waals surface area contributed by atoms with Crippen molar-refractivity contribution in [2.75, 3.05) is 19.6 Å². The van der Waals surface area contributed by atoms with E-state index in [9.17, 15) is 18.8 Å². The molecule has 7 heteroatoms. The van der Waals surface area contributed by atoms with E-state index in [4.69, 9.17) is 0 Å². The number of likely N-dealkylation sites (tertiary alicyclic amines) is 1. The number of nitrogens with zero attached hydrogens (tertiary/aromatic N) is 2. The molecule has 2 heterocycles. The van der Waals surface area contributed by atoms with Crippen molar-refractivity contribution in [3.05, 3.63) is 69.4 Å². The van der Waals surface area contributed by atoms with E-state index in [1.165, 1.54) is 28.8 Å². The fourth-order valence-corrected chi connectivity index (χ4v) is 3.42. The number of pyridine rings is 1. The summed E-state index contributed by atoms with van der Waals surface area (Å²) in [5.41, 5.74) is 1.07. The number of piperidine rings is 1. The van der Waals surface area contributed by atoms with Gasteiger partial charge in [0.2, 0.25) is 0 Å². The molecule has 1 fully saturated rings. The number of halogens is 1. The summed E-state index contributed by atoms with van der Waals surface area (Å²) in [5.74, 6) is -0.817. The Bertz CT molecular complexity index is 937. The summed E-state index contributed by atoms with van der Waals surface area (Å²) >= 11 is 0. The summed E-state index contributed by atoms with van der Waals surface area (Å²) in [6, 6.07) is 8.72. The number of hydrogen-bond acceptors (Lipinski definition) is 3. The van der Waals surface area contributed by atoms with Gasteiger partial charge in [0, 0.05) is 37.9 Å². The SMILES string of the molecule is Cc1ccc(C(=O)N2CCC[C@H](CNC(=O)c3ccc(F)cc3)C2)c(=O)n1C. The number of aromatic nitrogens is 1. The van der Waals surface area contributed by atoms with Crippen molar-refractivity contribution < 1.29 is 14.0 Å². The second kappa shape index (κ2) is 8.37. The molecule has 2 aromatic rings. The van der Waals surface area contributed by atoms with Gasteiger partial charge in [-0.2, -0.15) is 0 Å². The van der Waals surface area contributed by atoms with Crippen molar-refractivity contribution in [2.45, 2.75) is 19.8 Å². The van der Waals surface area contributed by atoms with E-state index in [1.807, 2.05) is 6.92 Å². The molecule has 1 N–H and O–H groups in total. The highest BCUT2D eigenvalue weighted by Gasteiger charge is 2.26. The number of carbonyl (C=O) groups excluding carboxylic acids is 2. The van der Waals surface area contributed by atoms with E-state index >= 15 is 0 Å². The Morgan fingerprint density at radius 3 is 2.61 bits per heavy atom. The van der Waals surface area contributed by atoms with E-state index in [0.29, 0.717) is 25.2 Å². The molecular weight excluding hydrogens is 361 g/mol. The number of hydrogen-bond donors (Lipinski definition) is 1. The van der Waals surface area contributed by atoms with E-state index < -0.39 is 0 Å². The van der Waals surface area contributed by atoms with Gasteiger partial charge in [-0.3, -0.25) is 14.4 Å². The van der Waals surface area contributed by atoms with Crippen LogP contribution in [0.2, 0.25) is 0 Å². The van der Waals surface area contributed by atoms with Gasteiger partial charge in [0.25, 0.3) is 17.4 Å². The molecule has 1 aliphatic rings. The molecule has 0 spiro atoms. The van der Waals surface area contributed by atoms with Crippen LogP contribution in [0.3, 0.4) is 0 Å². The van der Waals surface area contributed by atoms with Crippen LogP contribution in [-0.2, 0) is 7.05 Å². The second-order valence-corrected chi connectivity index (χ2v) is 7.23. The monoisotopic (exact) mass is 385 g/mol. The van der Waals surface area contributed by atoms with E-state index in [2.05, 4.69) is 5.32 Å². The van der Waals surface area contributed by atoms with Gasteiger partial charge < -0.3 is 14.8 Å². The molecular formula is C21H24FN3O3. The van der Waals surface area contributed by atoms with Crippen molar-refractivity contribution in [2.24, 2.45) is 13.0 Å². The largest absolute Gasteiger partial charge is 0.352 e. The van der Waals surface area contributed by atoms with Gasteiger partial charge in [0.05, 0.1) is 0 Å². The standard InChI is InChI=1S/C21H24FN3O3/c1-14-5-10-18(20(27)24(14)2)21(28)25-11-3-4-15(13-25)12-23-19(26)16-6-8-17(22)9-7-16/h5-10,15H,3-4,11-13H2,1-2H3,(H,23,26)/t15-/m1/s1. The molecule has 0 aliphatic carbocycles. The Morgan fingerprint density at radius 2 is 1.89 bits per heavy atom. The van der Waals surface area contributed by atoms with Gasteiger partial charge in [-0.1, -0.05) is 0 Å². The molecule has 148 valence electrons. The third-order valence-electron chi connectivity index (χ3n) is 5.25. The zero-order valence-corrected chi connectivity index (χ0v) is 16.1. The number of amides is 2. The average Bonchev–Trinajstić information content (AvgIpc) is 2.70. The summed E-state index contributed by atoms with van der Waals surface area (Å²) < 4.78 is 14.4. The first-order valence-electron chi connectivity index (χ1n) is 9.36. The molecule has 3 rings (SSSR count). The molecule has 1 aromatic heterocycles. The normalized spacial score (nSPS) is 16.7. The number of carbonyl (C=O) groups is 2. The van der Waals surface area contributed by atoms with Crippen LogP contribution in [0.5, 0.6) is 0 Å². The van der Waals surface area contributed by atoms with E-state index in [1.54, 1.807) is 24.1 Å². The molecule has 0 unspecified atom stereocenters. The third-order valence-corrected chi connectivity index (χ3v) is 5.25. The Balaban J connectivity index is 1.61. The molecule has 0 saturated carbocycles. The molecule has 1 aromatic carbocycles. The lowest BCUT2D eigenvalue weighted by molar-refractivity contribution is 0.0668. The Morgan fingerprint density at radius 1 is 1.18 bits per heavy atom. The second-order valence-electron chi connectivity index (χ2n) is 7.23. The maximum absolute atomic E-state index is 13.0. The molecule has 0 radical (unpaired) electrons. The maximum Gasteiger partial charge on any atom is 0.263 e. The molecule has 1 atom stereocenters. The van der Waals surface area contributed by atoms with Crippen molar-refractivity contribution in [1.29, 1.82) is 0 Å². The zero-order chi connectivity index (χ0) is 20.3. The first kappa shape index (κ1) is 19.8. The molecule has 2 amide bonds. The summed E-state index contributed by atoms with van der Waals surface area (Å²) in [7, 11) is 1.65. The van der Waals surface area contributed by atoms with Crippen LogP contribution in [0, 0.1) is 18.7 Å². The quantitative estimate of drug-likeness (QED) is 0.876. The predicted molar refractivity (Wildman–Crippen MR) is 104 cm³/mol. The molecule has 6 nitrogen and oxygen atoms in total. The lowest BCUT2D eigenvalue weighted by atomic mass is 9.97. The van der Waals surface area contributed by atoms with Crippen LogP contribution in [0.4, 0.5) is 4.39 Å². The molecule has 1 saturated heterocycles. The van der Waals surface area contributed by atoms with Crippen LogP contribution < -0.4 is 10.9 Å². The molecule has 0 bridgehead atoms. The first-order chi connectivity index (χ1) is 13.4. The summed E-state index contributed by atoms with van der Waals surface area (Å²) in [6.07, 6.45) is 1.70. The van der Waals surface area contributed by atoms with Gasteiger partial charge in [0.1, 0.15) is 11.4 Å². The summed E-state index contributed by atoms with van der Waals surface area (Å²) in [4.78, 5) is 39.1. The minimum atomic E-state index is -0.389. The van der Waals surface area contributed by atoms with Gasteiger partial charge in [0.15, 0.2) is 0 Å². The van der Waals surface area contributed by atoms with Gasteiger partial charge in [-0.25, -0.2) is 4.39 Å². The van der Waals surface area contributed by atoms with Crippen molar-refractivity contribution in [1.82, 2.24) is 14.8 Å². The predicted octanol–water partition coefficient (Wildman–Crippen LogP) is 2.12. The van der Waals surface area contributed by atoms with Crippen molar-refractivity contribution in [3.63, 3.8) is 0 Å². The number of rotatable bonds is 4. The topological polar surface area (TPSA) is 71.4 Å². The fourth-order valence-electron chi connectivity index (χ4n) is 3.42. The Hall–Kier alpha value is -2.96. The zero-order valence-electron chi connectivity index (χ0n) is 16.1. The maximum atomic E-state index is 13.0. The van der Waals surface area contributed by atoms with Gasteiger partial charge >= 0.3 is 0 Å². The van der Waals surface area contributed by atoms with Crippen molar-refractivity contribution >= 4 is 11.8 Å². The Kier molecular flexibility index (Phi) is 5.92. The fraction of sp³-hybridized carbons (Fsp3) is 0.381. The van der Waals surface area contributed by atoms with E-state index in [-0.39, 0.29) is 34.7 Å². The molecule has 1 aliphatic heterocycles. The van der Waals surface area contributed by atoms with Crippen LogP contribution in [0.1, 0.15) is 39.3 Å².